The number of benzene rings is 1. The Morgan fingerprint density at radius 1 is 1.21 bits per heavy atom. The van der Waals surface area contributed by atoms with Crippen LogP contribution in [0.4, 0.5) is 16.6 Å². The van der Waals surface area contributed by atoms with Gasteiger partial charge in [0.25, 0.3) is 5.91 Å². The van der Waals surface area contributed by atoms with Crippen molar-refractivity contribution in [1.82, 2.24) is 15.0 Å². The molecule has 0 aliphatic carbocycles. The molecule has 9 heteroatoms. The highest BCUT2D eigenvalue weighted by Gasteiger charge is 2.16. The lowest BCUT2D eigenvalue weighted by Gasteiger charge is -2.04. The lowest BCUT2D eigenvalue weighted by atomic mass is 10.2. The number of rotatable bonds is 4. The normalized spacial score (nSPS) is 12.0. The zero-order valence-corrected chi connectivity index (χ0v) is 13.0. The fourth-order valence-corrected chi connectivity index (χ4v) is 2.78. The maximum atomic E-state index is 12.3. The molecule has 0 saturated carbocycles. The molecule has 3 aromatic rings. The van der Waals surface area contributed by atoms with Crippen LogP contribution in [0.3, 0.4) is 0 Å². The number of nitrogens with zero attached hydrogens (tertiary/aromatic N) is 3. The van der Waals surface area contributed by atoms with Gasteiger partial charge in [-0.15, -0.1) is 11.3 Å². The van der Waals surface area contributed by atoms with Gasteiger partial charge in [0.15, 0.2) is 16.6 Å². The van der Waals surface area contributed by atoms with Gasteiger partial charge in [0.2, 0.25) is 6.79 Å². The molecule has 0 saturated heterocycles. The average molecular weight is 341 g/mol. The second-order valence-electron chi connectivity index (χ2n) is 4.78. The number of carbonyl (C=O) groups excluding carboxylic acids is 1. The fraction of sp³-hybridized carbons (Fsp3) is 0.0667. The Labute approximate surface area is 140 Å². The zero-order valence-electron chi connectivity index (χ0n) is 12.2. The van der Waals surface area contributed by atoms with Crippen molar-refractivity contribution >= 4 is 33.9 Å². The first-order valence-electron chi connectivity index (χ1n) is 6.97. The van der Waals surface area contributed by atoms with Crippen LogP contribution in [0.5, 0.6) is 11.5 Å². The molecule has 0 atom stereocenters. The lowest BCUT2D eigenvalue weighted by molar-refractivity contribution is 0.102. The van der Waals surface area contributed by atoms with E-state index in [0.29, 0.717) is 33.8 Å². The van der Waals surface area contributed by atoms with Crippen LogP contribution in [0.2, 0.25) is 0 Å². The highest BCUT2D eigenvalue weighted by molar-refractivity contribution is 7.14. The summed E-state index contributed by atoms with van der Waals surface area (Å²) < 4.78 is 10.5. The summed E-state index contributed by atoms with van der Waals surface area (Å²) in [5, 5.41) is 8.04. The highest BCUT2D eigenvalue weighted by Crippen LogP contribution is 2.34. The van der Waals surface area contributed by atoms with E-state index in [1.54, 1.807) is 35.8 Å². The van der Waals surface area contributed by atoms with Crippen molar-refractivity contribution in [2.45, 2.75) is 0 Å². The molecule has 0 spiro atoms. The predicted molar refractivity (Wildman–Crippen MR) is 87.9 cm³/mol. The number of fused-ring (bicyclic) bond motifs is 1. The molecule has 120 valence electrons. The van der Waals surface area contributed by atoms with Gasteiger partial charge in [-0.25, -0.2) is 15.0 Å². The molecular weight excluding hydrogens is 330 g/mol. The van der Waals surface area contributed by atoms with Crippen molar-refractivity contribution in [3.05, 3.63) is 47.9 Å². The Balaban J connectivity index is 1.45. The van der Waals surface area contributed by atoms with Gasteiger partial charge in [0.1, 0.15) is 17.8 Å². The van der Waals surface area contributed by atoms with Crippen LogP contribution in [0.1, 0.15) is 10.5 Å². The van der Waals surface area contributed by atoms with Gasteiger partial charge in [-0.05, 0) is 18.2 Å². The third kappa shape index (κ3) is 2.97. The average Bonchev–Trinajstić information content (AvgIpc) is 3.24. The van der Waals surface area contributed by atoms with E-state index in [2.05, 4.69) is 25.6 Å². The SMILES string of the molecule is O=C(Nc1ccc2c(c1)OCO2)c1csc(Nc2ccncn2)n1. The van der Waals surface area contributed by atoms with E-state index in [9.17, 15) is 4.79 Å². The summed E-state index contributed by atoms with van der Waals surface area (Å²) in [6.45, 7) is 0.191. The number of ether oxygens (including phenoxy) is 2. The van der Waals surface area contributed by atoms with E-state index in [0.717, 1.165) is 0 Å². The third-order valence-corrected chi connectivity index (χ3v) is 3.94. The second-order valence-corrected chi connectivity index (χ2v) is 5.64. The molecule has 2 aromatic heterocycles. The Bertz CT molecular complexity index is 884. The quantitative estimate of drug-likeness (QED) is 0.752. The summed E-state index contributed by atoms with van der Waals surface area (Å²) >= 11 is 1.32. The molecular formula is C15H11N5O3S. The maximum Gasteiger partial charge on any atom is 0.275 e. The van der Waals surface area contributed by atoms with E-state index in [4.69, 9.17) is 9.47 Å². The van der Waals surface area contributed by atoms with Crippen molar-refractivity contribution in [2.75, 3.05) is 17.4 Å². The molecule has 1 aromatic carbocycles. The topological polar surface area (TPSA) is 98.3 Å². The largest absolute Gasteiger partial charge is 0.454 e. The molecule has 0 unspecified atom stereocenters. The van der Waals surface area contributed by atoms with Crippen molar-refractivity contribution in [3.8, 4) is 11.5 Å². The third-order valence-electron chi connectivity index (χ3n) is 3.18. The minimum atomic E-state index is -0.305. The first-order valence-corrected chi connectivity index (χ1v) is 7.85. The van der Waals surface area contributed by atoms with Crippen LogP contribution in [-0.4, -0.2) is 27.7 Å². The van der Waals surface area contributed by atoms with Crippen molar-refractivity contribution in [2.24, 2.45) is 0 Å². The summed E-state index contributed by atoms with van der Waals surface area (Å²) in [6, 6.07) is 6.93. The number of nitrogens with one attached hydrogen (secondary N) is 2. The van der Waals surface area contributed by atoms with Crippen molar-refractivity contribution < 1.29 is 14.3 Å². The van der Waals surface area contributed by atoms with Gasteiger partial charge < -0.3 is 20.1 Å². The monoisotopic (exact) mass is 341 g/mol. The van der Waals surface area contributed by atoms with E-state index < -0.39 is 0 Å². The zero-order chi connectivity index (χ0) is 16.4. The number of hydrogen-bond acceptors (Lipinski definition) is 8. The Morgan fingerprint density at radius 2 is 2.12 bits per heavy atom. The molecule has 0 bridgehead atoms. The molecule has 1 aliphatic heterocycles. The standard InChI is InChI=1S/C15H11N5O3S/c21-14(18-9-1-2-11-12(5-9)23-8-22-11)10-6-24-15(19-10)20-13-3-4-16-7-17-13/h1-7H,8H2,(H,18,21)(H,16,17,19,20). The smallest absolute Gasteiger partial charge is 0.275 e. The molecule has 24 heavy (non-hydrogen) atoms. The summed E-state index contributed by atoms with van der Waals surface area (Å²) in [4.78, 5) is 24.4. The highest BCUT2D eigenvalue weighted by atomic mass is 32.1. The minimum Gasteiger partial charge on any atom is -0.454 e. The molecule has 2 N–H and O–H groups in total. The molecule has 3 heterocycles. The van der Waals surface area contributed by atoms with Crippen molar-refractivity contribution in [1.29, 1.82) is 0 Å². The molecule has 4 rings (SSSR count). The lowest BCUT2D eigenvalue weighted by Crippen LogP contribution is -2.12. The van der Waals surface area contributed by atoms with Crippen LogP contribution < -0.4 is 20.1 Å². The number of amides is 1. The summed E-state index contributed by atoms with van der Waals surface area (Å²) in [6.07, 6.45) is 3.05. The minimum absolute atomic E-state index is 0.191. The van der Waals surface area contributed by atoms with Crippen LogP contribution >= 0.6 is 11.3 Å². The van der Waals surface area contributed by atoms with E-state index in [-0.39, 0.29) is 12.7 Å². The molecule has 0 fully saturated rings. The van der Waals surface area contributed by atoms with Gasteiger partial charge >= 0.3 is 0 Å². The van der Waals surface area contributed by atoms with Crippen LogP contribution in [0, 0.1) is 0 Å². The van der Waals surface area contributed by atoms with E-state index in [1.165, 1.54) is 17.7 Å². The van der Waals surface area contributed by atoms with Crippen LogP contribution in [0.15, 0.2) is 42.2 Å². The first kappa shape index (κ1) is 14.4. The van der Waals surface area contributed by atoms with Crippen LogP contribution in [-0.2, 0) is 0 Å². The van der Waals surface area contributed by atoms with Crippen molar-refractivity contribution in [3.63, 3.8) is 0 Å². The Hall–Kier alpha value is -3.20. The molecule has 8 nitrogen and oxygen atoms in total. The first-order chi connectivity index (χ1) is 11.8. The Kier molecular flexibility index (Phi) is 3.67. The summed E-state index contributed by atoms with van der Waals surface area (Å²) in [7, 11) is 0. The molecule has 1 aliphatic rings. The summed E-state index contributed by atoms with van der Waals surface area (Å²) in [5.41, 5.74) is 0.928. The number of thiazole rings is 1. The van der Waals surface area contributed by atoms with Gasteiger partial charge in [0.05, 0.1) is 0 Å². The molecule has 1 amide bonds. The maximum absolute atomic E-state index is 12.3. The summed E-state index contributed by atoms with van der Waals surface area (Å²) in [5.74, 6) is 1.58. The van der Waals surface area contributed by atoms with E-state index >= 15 is 0 Å². The van der Waals surface area contributed by atoms with E-state index in [1.807, 2.05) is 0 Å². The van der Waals surface area contributed by atoms with Gasteiger partial charge in [-0.3, -0.25) is 4.79 Å². The van der Waals surface area contributed by atoms with Gasteiger partial charge in [-0.1, -0.05) is 0 Å². The fourth-order valence-electron chi connectivity index (χ4n) is 2.08. The molecule has 0 radical (unpaired) electrons. The Morgan fingerprint density at radius 3 is 3.00 bits per heavy atom. The number of anilines is 3. The van der Waals surface area contributed by atoms with Gasteiger partial charge in [-0.2, -0.15) is 0 Å². The number of carbonyl (C=O) groups is 1. The number of hydrogen-bond donors (Lipinski definition) is 2. The van der Waals surface area contributed by atoms with Gasteiger partial charge in [0, 0.05) is 23.3 Å². The predicted octanol–water partition coefficient (Wildman–Crippen LogP) is 2.66. The second kappa shape index (κ2) is 6.13. The number of aromatic nitrogens is 3. The van der Waals surface area contributed by atoms with Crippen LogP contribution in [0.25, 0.3) is 0 Å².